The van der Waals surface area contributed by atoms with Gasteiger partial charge in [0.1, 0.15) is 23.0 Å². The summed E-state index contributed by atoms with van der Waals surface area (Å²) in [6, 6.07) is 20.8. The lowest BCUT2D eigenvalue weighted by Crippen LogP contribution is -2.48. The summed E-state index contributed by atoms with van der Waals surface area (Å²) in [6.45, 7) is 8.17. The zero-order chi connectivity index (χ0) is 33.3. The number of pyridine rings is 2. The molecule has 2 aromatic carbocycles. The first-order chi connectivity index (χ1) is 23.9. The van der Waals surface area contributed by atoms with Crippen LogP contribution in [0.1, 0.15) is 48.1 Å². The number of aromatic nitrogens is 3. The molecule has 49 heavy (non-hydrogen) atoms. The molecular formula is C39H44FN7O2. The number of phenolic OH excluding ortho intramolecular Hbond substituents is 1. The van der Waals surface area contributed by atoms with Gasteiger partial charge in [-0.3, -0.25) is 9.80 Å². The molecule has 0 spiro atoms. The molecule has 0 unspecified atom stereocenters. The molecule has 0 radical (unpaired) electrons. The van der Waals surface area contributed by atoms with E-state index >= 15 is 0 Å². The van der Waals surface area contributed by atoms with E-state index in [0.29, 0.717) is 25.3 Å². The van der Waals surface area contributed by atoms with Crippen LogP contribution in [0.2, 0.25) is 0 Å². The lowest BCUT2D eigenvalue weighted by Gasteiger charge is -2.43. The van der Waals surface area contributed by atoms with Crippen molar-refractivity contribution in [2.24, 2.45) is 0 Å². The summed E-state index contributed by atoms with van der Waals surface area (Å²) >= 11 is 0. The standard InChI is InChI=1S/C39H44FN7O2/c1-27-5-12-38-43-33(25-45(38)22-27)21-41-32-6-8-34(9-7-32)46-24-30-17-31(40)20-42-39(30)47(26-46)35-4-2-3-28(18-35)37-11-10-36(48)19-29(37)23-44-13-15-49-16-14-44/h2-5,10-12,17-20,22,25,32,34,41,48H,6-9,13-16,21,23-24,26H2,1H3. The van der Waals surface area contributed by atoms with E-state index in [1.165, 1.54) is 11.8 Å². The first-order valence-electron chi connectivity index (χ1n) is 17.5. The Bertz CT molecular complexity index is 1930. The van der Waals surface area contributed by atoms with Crippen molar-refractivity contribution in [2.75, 3.05) is 37.9 Å². The number of phenols is 1. The Morgan fingerprint density at radius 3 is 2.69 bits per heavy atom. The normalized spacial score (nSPS) is 20.5. The van der Waals surface area contributed by atoms with Crippen LogP contribution < -0.4 is 10.2 Å². The van der Waals surface area contributed by atoms with E-state index in [4.69, 9.17) is 9.72 Å². The number of benzene rings is 2. The van der Waals surface area contributed by atoms with Gasteiger partial charge >= 0.3 is 0 Å². The predicted octanol–water partition coefficient (Wildman–Crippen LogP) is 6.39. The quantitative estimate of drug-likeness (QED) is 0.198. The third-order valence-corrected chi connectivity index (χ3v) is 10.4. The number of fused-ring (bicyclic) bond motifs is 2. The predicted molar refractivity (Wildman–Crippen MR) is 189 cm³/mol. The number of halogens is 1. The summed E-state index contributed by atoms with van der Waals surface area (Å²) in [5, 5.41) is 14.1. The Labute approximate surface area is 287 Å². The van der Waals surface area contributed by atoms with E-state index < -0.39 is 0 Å². The third kappa shape index (κ3) is 7.05. The molecule has 3 aliphatic rings. The summed E-state index contributed by atoms with van der Waals surface area (Å²) in [5.74, 6) is 0.776. The van der Waals surface area contributed by atoms with Crippen LogP contribution in [-0.4, -0.2) is 74.3 Å². The van der Waals surface area contributed by atoms with Crippen LogP contribution in [0, 0.1) is 12.7 Å². The van der Waals surface area contributed by atoms with E-state index in [-0.39, 0.29) is 11.6 Å². The molecular weight excluding hydrogens is 617 g/mol. The maximum atomic E-state index is 14.6. The second-order valence-corrected chi connectivity index (χ2v) is 13.8. The highest BCUT2D eigenvalue weighted by Crippen LogP contribution is 2.38. The minimum absolute atomic E-state index is 0.269. The summed E-state index contributed by atoms with van der Waals surface area (Å²) in [7, 11) is 0. The number of morpholine rings is 1. The van der Waals surface area contributed by atoms with Gasteiger partial charge in [0.2, 0.25) is 0 Å². The fourth-order valence-corrected chi connectivity index (χ4v) is 7.77. The fraction of sp³-hybridized carbons (Fsp3) is 0.385. The van der Waals surface area contributed by atoms with Crippen LogP contribution in [0.25, 0.3) is 16.8 Å². The van der Waals surface area contributed by atoms with Crippen molar-refractivity contribution in [2.45, 2.75) is 64.3 Å². The molecule has 0 atom stereocenters. The minimum atomic E-state index is -0.304. The van der Waals surface area contributed by atoms with Gasteiger partial charge in [-0.1, -0.05) is 24.3 Å². The summed E-state index contributed by atoms with van der Waals surface area (Å²) < 4.78 is 22.2. The number of nitrogens with one attached hydrogen (secondary N) is 1. The highest BCUT2D eigenvalue weighted by Gasteiger charge is 2.32. The molecule has 1 aliphatic carbocycles. The van der Waals surface area contributed by atoms with E-state index in [9.17, 15) is 9.50 Å². The Kier molecular flexibility index (Phi) is 9.03. The molecule has 2 fully saturated rings. The molecule has 2 aliphatic heterocycles. The molecule has 10 heteroatoms. The van der Waals surface area contributed by atoms with Gasteiger partial charge in [0.05, 0.1) is 31.8 Å². The number of hydrogen-bond donors (Lipinski definition) is 2. The number of aryl methyl sites for hydroxylation is 1. The Morgan fingerprint density at radius 2 is 1.84 bits per heavy atom. The van der Waals surface area contributed by atoms with Gasteiger partial charge in [0.25, 0.3) is 0 Å². The van der Waals surface area contributed by atoms with Crippen molar-refractivity contribution in [3.8, 4) is 16.9 Å². The van der Waals surface area contributed by atoms with Crippen LogP contribution in [-0.2, 0) is 24.4 Å². The largest absolute Gasteiger partial charge is 0.508 e. The average molecular weight is 662 g/mol. The Morgan fingerprint density at radius 1 is 0.980 bits per heavy atom. The second-order valence-electron chi connectivity index (χ2n) is 13.8. The number of ether oxygens (including phenoxy) is 1. The molecule has 1 saturated carbocycles. The van der Waals surface area contributed by atoms with Crippen molar-refractivity contribution in [1.82, 2.24) is 29.5 Å². The number of anilines is 2. The monoisotopic (exact) mass is 661 g/mol. The van der Waals surface area contributed by atoms with Crippen molar-refractivity contribution in [1.29, 1.82) is 0 Å². The number of imidazole rings is 1. The number of nitrogens with zero attached hydrogens (tertiary/aromatic N) is 6. The summed E-state index contributed by atoms with van der Waals surface area (Å²) in [6.07, 6.45) is 9.89. The molecule has 1 saturated heterocycles. The van der Waals surface area contributed by atoms with Gasteiger partial charge in [-0.2, -0.15) is 0 Å². The van der Waals surface area contributed by atoms with Crippen molar-refractivity contribution >= 4 is 17.2 Å². The van der Waals surface area contributed by atoms with Gasteiger partial charge in [-0.05, 0) is 91.3 Å². The average Bonchev–Trinajstić information content (AvgIpc) is 3.53. The first-order valence-corrected chi connectivity index (χ1v) is 17.5. The van der Waals surface area contributed by atoms with E-state index in [2.05, 4.69) is 85.1 Å². The number of aromatic hydroxyl groups is 1. The molecule has 5 heterocycles. The van der Waals surface area contributed by atoms with Gasteiger partial charge in [0.15, 0.2) is 0 Å². The Hall–Kier alpha value is -4.35. The number of hydrogen-bond acceptors (Lipinski definition) is 8. The van der Waals surface area contributed by atoms with Crippen molar-refractivity contribution in [3.05, 3.63) is 107 Å². The topological polar surface area (TPSA) is 81.4 Å². The molecule has 254 valence electrons. The lowest BCUT2D eigenvalue weighted by atomic mass is 9.89. The highest BCUT2D eigenvalue weighted by molar-refractivity contribution is 5.75. The fourth-order valence-electron chi connectivity index (χ4n) is 7.77. The summed E-state index contributed by atoms with van der Waals surface area (Å²) in [5.41, 5.74) is 8.45. The van der Waals surface area contributed by atoms with E-state index in [0.717, 1.165) is 110 Å². The Balaban J connectivity index is 0.982. The molecule has 0 bridgehead atoms. The SMILES string of the molecule is Cc1ccc2nc(CNC3CCC(N4Cc5cc(F)cnc5N(c5cccc(-c6ccc(O)cc6CN6CCOCC6)c5)C4)CC3)cn2c1. The van der Waals surface area contributed by atoms with E-state index in [1.54, 1.807) is 12.1 Å². The van der Waals surface area contributed by atoms with Crippen LogP contribution in [0.15, 0.2) is 79.3 Å². The van der Waals surface area contributed by atoms with Gasteiger partial charge in [-0.25, -0.2) is 14.4 Å². The van der Waals surface area contributed by atoms with Crippen LogP contribution in [0.5, 0.6) is 5.75 Å². The second kappa shape index (κ2) is 13.9. The molecule has 2 N–H and O–H groups in total. The zero-order valence-electron chi connectivity index (χ0n) is 28.1. The van der Waals surface area contributed by atoms with Crippen LogP contribution in [0.4, 0.5) is 15.9 Å². The van der Waals surface area contributed by atoms with Crippen LogP contribution >= 0.6 is 0 Å². The lowest BCUT2D eigenvalue weighted by molar-refractivity contribution is 0.0342. The minimum Gasteiger partial charge on any atom is -0.508 e. The third-order valence-electron chi connectivity index (χ3n) is 10.4. The van der Waals surface area contributed by atoms with Gasteiger partial charge in [0, 0.05) is 68.5 Å². The summed E-state index contributed by atoms with van der Waals surface area (Å²) in [4.78, 5) is 16.5. The number of rotatable bonds is 8. The van der Waals surface area contributed by atoms with E-state index in [1.807, 2.05) is 12.1 Å². The zero-order valence-corrected chi connectivity index (χ0v) is 28.1. The highest BCUT2D eigenvalue weighted by atomic mass is 19.1. The van der Waals surface area contributed by atoms with Crippen molar-refractivity contribution in [3.63, 3.8) is 0 Å². The maximum Gasteiger partial charge on any atom is 0.141 e. The molecule has 8 rings (SSSR count). The molecule has 0 amide bonds. The van der Waals surface area contributed by atoms with Crippen molar-refractivity contribution < 1.29 is 14.2 Å². The smallest absolute Gasteiger partial charge is 0.141 e. The van der Waals surface area contributed by atoms with Crippen LogP contribution in [0.3, 0.4) is 0 Å². The molecule has 9 nitrogen and oxygen atoms in total. The maximum absolute atomic E-state index is 14.6. The molecule has 5 aromatic rings. The van der Waals surface area contributed by atoms with Gasteiger partial charge < -0.3 is 24.5 Å². The first kappa shape index (κ1) is 31.9. The molecule has 3 aromatic heterocycles. The van der Waals surface area contributed by atoms with Gasteiger partial charge in [-0.15, -0.1) is 0 Å².